The Bertz CT molecular complexity index is 915. The maximum absolute atomic E-state index is 9.73. The number of aliphatic hydroxyl groups excluding tert-OH is 1. The van der Waals surface area contributed by atoms with E-state index in [-0.39, 0.29) is 0 Å². The van der Waals surface area contributed by atoms with E-state index < -0.39 is 6.10 Å². The van der Waals surface area contributed by atoms with Crippen LogP contribution < -0.4 is 9.47 Å². The van der Waals surface area contributed by atoms with E-state index in [1.165, 1.54) is 0 Å². The third-order valence-corrected chi connectivity index (χ3v) is 4.32. The lowest BCUT2D eigenvalue weighted by atomic mass is 10.2. The molecule has 2 aromatic heterocycles. The molecule has 0 amide bonds. The van der Waals surface area contributed by atoms with Gasteiger partial charge in [-0.3, -0.25) is 0 Å². The van der Waals surface area contributed by atoms with Crippen LogP contribution in [0.3, 0.4) is 0 Å². The molecule has 0 saturated heterocycles. The maximum Gasteiger partial charge on any atom is 0.241 e. The normalized spacial score (nSPS) is 16.9. The van der Waals surface area contributed by atoms with Gasteiger partial charge in [-0.1, -0.05) is 18.2 Å². The summed E-state index contributed by atoms with van der Waals surface area (Å²) in [6, 6.07) is 9.61. The number of methoxy groups -OCH3 is 1. The Morgan fingerprint density at radius 3 is 2.80 bits per heavy atom. The fourth-order valence-corrected chi connectivity index (χ4v) is 2.95. The lowest BCUT2D eigenvalue weighted by Crippen LogP contribution is -2.03. The van der Waals surface area contributed by atoms with Crippen molar-refractivity contribution in [1.82, 2.24) is 14.6 Å². The summed E-state index contributed by atoms with van der Waals surface area (Å²) >= 11 is 0. The van der Waals surface area contributed by atoms with Gasteiger partial charge in [-0.05, 0) is 42.2 Å². The second-order valence-corrected chi connectivity index (χ2v) is 6.03. The second kappa shape index (κ2) is 6.57. The van der Waals surface area contributed by atoms with E-state index in [4.69, 9.17) is 9.47 Å². The lowest BCUT2D eigenvalue weighted by molar-refractivity contribution is 0.223. The molecule has 2 heterocycles. The van der Waals surface area contributed by atoms with E-state index in [0.717, 1.165) is 40.9 Å². The number of rotatable bonds is 5. The van der Waals surface area contributed by atoms with Crippen molar-refractivity contribution in [2.24, 2.45) is 0 Å². The quantitative estimate of drug-likeness (QED) is 0.775. The van der Waals surface area contributed by atoms with Gasteiger partial charge in [0.2, 0.25) is 5.88 Å². The highest BCUT2D eigenvalue weighted by Gasteiger charge is 2.18. The van der Waals surface area contributed by atoms with Gasteiger partial charge < -0.3 is 14.6 Å². The van der Waals surface area contributed by atoms with Gasteiger partial charge in [-0.15, -0.1) is 0 Å². The topological polar surface area (TPSA) is 68.9 Å². The fraction of sp³-hybridized carbons (Fsp3) is 0.263. The summed E-state index contributed by atoms with van der Waals surface area (Å²) in [5.41, 5.74) is 3.66. The number of aromatic nitrogens is 3. The van der Waals surface area contributed by atoms with E-state index in [2.05, 4.69) is 10.1 Å². The first-order valence-electron chi connectivity index (χ1n) is 8.22. The summed E-state index contributed by atoms with van der Waals surface area (Å²) < 4.78 is 12.9. The Hall–Kier alpha value is -2.86. The number of aliphatic hydroxyl groups is 1. The van der Waals surface area contributed by atoms with Crippen molar-refractivity contribution in [1.29, 1.82) is 0 Å². The Kier molecular flexibility index (Phi) is 4.11. The maximum atomic E-state index is 9.73. The molecule has 1 aromatic carbocycles. The van der Waals surface area contributed by atoms with Gasteiger partial charge in [0.05, 0.1) is 31.3 Å². The van der Waals surface area contributed by atoms with Crippen molar-refractivity contribution in [3.63, 3.8) is 0 Å². The van der Waals surface area contributed by atoms with Crippen molar-refractivity contribution < 1.29 is 14.6 Å². The summed E-state index contributed by atoms with van der Waals surface area (Å²) in [5, 5.41) is 14.0. The molecule has 6 heteroatoms. The number of allylic oxidation sites excluding steroid dienone is 1. The van der Waals surface area contributed by atoms with Crippen LogP contribution in [0.5, 0.6) is 11.6 Å². The molecule has 1 atom stereocenters. The van der Waals surface area contributed by atoms with Gasteiger partial charge >= 0.3 is 0 Å². The van der Waals surface area contributed by atoms with E-state index in [1.807, 2.05) is 42.6 Å². The predicted octanol–water partition coefficient (Wildman–Crippen LogP) is 2.86. The largest absolute Gasteiger partial charge is 0.497 e. The number of hydrogen-bond acceptors (Lipinski definition) is 5. The van der Waals surface area contributed by atoms with Crippen molar-refractivity contribution in [3.05, 3.63) is 60.1 Å². The Morgan fingerprint density at radius 1 is 1.24 bits per heavy atom. The average Bonchev–Trinajstić information content (AvgIpc) is 3.28. The number of benzene rings is 1. The van der Waals surface area contributed by atoms with Crippen molar-refractivity contribution >= 4 is 11.1 Å². The first kappa shape index (κ1) is 15.7. The van der Waals surface area contributed by atoms with Gasteiger partial charge in [0.15, 0.2) is 0 Å². The minimum absolute atomic E-state index is 0.395. The smallest absolute Gasteiger partial charge is 0.241 e. The van der Waals surface area contributed by atoms with Gasteiger partial charge in [0, 0.05) is 0 Å². The predicted molar refractivity (Wildman–Crippen MR) is 93.5 cm³/mol. The van der Waals surface area contributed by atoms with E-state index in [9.17, 15) is 5.11 Å². The molecule has 1 N–H and O–H groups in total. The molecule has 0 aliphatic heterocycles. The summed E-state index contributed by atoms with van der Waals surface area (Å²) in [4.78, 5) is 4.65. The summed E-state index contributed by atoms with van der Waals surface area (Å²) in [5.74, 6) is 1.35. The monoisotopic (exact) mass is 337 g/mol. The van der Waals surface area contributed by atoms with Crippen LogP contribution in [0.15, 0.2) is 48.8 Å². The van der Waals surface area contributed by atoms with Crippen LogP contribution in [0, 0.1) is 0 Å². The van der Waals surface area contributed by atoms with E-state index >= 15 is 0 Å². The van der Waals surface area contributed by atoms with Crippen LogP contribution in [-0.4, -0.2) is 32.9 Å². The molecule has 0 spiro atoms. The molecule has 1 aliphatic carbocycles. The summed E-state index contributed by atoms with van der Waals surface area (Å²) in [6.07, 6.45) is 6.59. The summed E-state index contributed by atoms with van der Waals surface area (Å²) in [7, 11) is 1.64. The molecule has 25 heavy (non-hydrogen) atoms. The molecule has 1 unspecified atom stereocenters. The SMILES string of the molecule is COc1ccc(COc2nc(C3=CC(O)CC3)cn3nccc23)cc1. The minimum atomic E-state index is -0.395. The average molecular weight is 337 g/mol. The van der Waals surface area contributed by atoms with Crippen LogP contribution in [0.2, 0.25) is 0 Å². The third kappa shape index (κ3) is 3.21. The molecular weight excluding hydrogens is 318 g/mol. The first-order valence-corrected chi connectivity index (χ1v) is 8.22. The van der Waals surface area contributed by atoms with Crippen LogP contribution >= 0.6 is 0 Å². The molecule has 0 saturated carbocycles. The molecule has 1 aliphatic rings. The van der Waals surface area contributed by atoms with E-state index in [0.29, 0.717) is 12.5 Å². The molecule has 0 fully saturated rings. The highest BCUT2D eigenvalue weighted by atomic mass is 16.5. The number of fused-ring (bicyclic) bond motifs is 1. The second-order valence-electron chi connectivity index (χ2n) is 6.03. The number of nitrogens with zero attached hydrogens (tertiary/aromatic N) is 3. The standard InChI is InChI=1S/C19H19N3O3/c1-24-16-6-2-13(3-7-16)12-25-19-18-8-9-20-22(18)11-17(21-19)14-4-5-15(23)10-14/h2-3,6-11,15,23H,4-5,12H2,1H3. The van der Waals surface area contributed by atoms with Crippen LogP contribution in [0.4, 0.5) is 0 Å². The zero-order valence-corrected chi connectivity index (χ0v) is 13.9. The third-order valence-electron chi connectivity index (χ3n) is 4.32. The fourth-order valence-electron chi connectivity index (χ4n) is 2.95. The van der Waals surface area contributed by atoms with Crippen LogP contribution in [0.25, 0.3) is 11.1 Å². The molecule has 4 rings (SSSR count). The van der Waals surface area contributed by atoms with Crippen LogP contribution in [0.1, 0.15) is 24.1 Å². The Labute approximate surface area is 145 Å². The molecule has 0 bridgehead atoms. The number of ether oxygens (including phenoxy) is 2. The van der Waals surface area contributed by atoms with Crippen LogP contribution in [-0.2, 0) is 6.61 Å². The summed E-state index contributed by atoms with van der Waals surface area (Å²) in [6.45, 7) is 0.406. The molecule has 3 aromatic rings. The van der Waals surface area contributed by atoms with Gasteiger partial charge in [-0.25, -0.2) is 9.50 Å². The van der Waals surface area contributed by atoms with Gasteiger partial charge in [-0.2, -0.15) is 5.10 Å². The highest BCUT2D eigenvalue weighted by Crippen LogP contribution is 2.29. The van der Waals surface area contributed by atoms with Crippen molar-refractivity contribution in [2.45, 2.75) is 25.6 Å². The van der Waals surface area contributed by atoms with Gasteiger partial charge in [0.25, 0.3) is 0 Å². The zero-order valence-electron chi connectivity index (χ0n) is 13.9. The number of hydrogen-bond donors (Lipinski definition) is 1. The first-order chi connectivity index (χ1) is 12.2. The molecule has 0 radical (unpaired) electrons. The zero-order chi connectivity index (χ0) is 17.2. The van der Waals surface area contributed by atoms with Gasteiger partial charge in [0.1, 0.15) is 17.9 Å². The highest BCUT2D eigenvalue weighted by molar-refractivity contribution is 5.67. The van der Waals surface area contributed by atoms with Crippen molar-refractivity contribution in [2.75, 3.05) is 7.11 Å². The molecule has 128 valence electrons. The Morgan fingerprint density at radius 2 is 2.08 bits per heavy atom. The van der Waals surface area contributed by atoms with Crippen molar-refractivity contribution in [3.8, 4) is 11.6 Å². The lowest BCUT2D eigenvalue weighted by Gasteiger charge is -2.10. The minimum Gasteiger partial charge on any atom is -0.497 e. The molecule has 6 nitrogen and oxygen atoms in total. The van der Waals surface area contributed by atoms with E-state index in [1.54, 1.807) is 17.8 Å². The Balaban J connectivity index is 1.61. The molecular formula is C19H19N3O3.